The van der Waals surface area contributed by atoms with Crippen LogP contribution in [0.2, 0.25) is 0 Å². The Morgan fingerprint density at radius 1 is 1.35 bits per heavy atom. The number of cyclic esters (lactones) is 1. The predicted molar refractivity (Wildman–Crippen MR) is 59.5 cm³/mol. The van der Waals surface area contributed by atoms with Crippen LogP contribution in [-0.4, -0.2) is 24.8 Å². The van der Waals surface area contributed by atoms with Gasteiger partial charge in [0.15, 0.2) is 0 Å². The highest BCUT2D eigenvalue weighted by Gasteiger charge is 2.29. The summed E-state index contributed by atoms with van der Waals surface area (Å²) in [6.07, 6.45) is 0.854. The standard InChI is InChI=1S/C12H11NO4/c14-6-8-1-3-10(4-2-8)13-12(16)9-5-11(15)17-7-9/h1-4,6,9H,5,7H2,(H,13,16). The highest BCUT2D eigenvalue weighted by Crippen LogP contribution is 2.17. The highest BCUT2D eigenvalue weighted by atomic mass is 16.5. The molecule has 1 aromatic carbocycles. The lowest BCUT2D eigenvalue weighted by Gasteiger charge is -2.08. The summed E-state index contributed by atoms with van der Waals surface area (Å²) >= 11 is 0. The maximum atomic E-state index is 11.7. The van der Waals surface area contributed by atoms with Gasteiger partial charge in [-0.2, -0.15) is 0 Å². The second kappa shape index (κ2) is 4.78. The fourth-order valence-electron chi connectivity index (χ4n) is 1.57. The molecule has 0 bridgehead atoms. The fourth-order valence-corrected chi connectivity index (χ4v) is 1.57. The third kappa shape index (κ3) is 2.69. The molecule has 88 valence electrons. The zero-order valence-corrected chi connectivity index (χ0v) is 9.01. The van der Waals surface area contributed by atoms with E-state index in [1.54, 1.807) is 24.3 Å². The van der Waals surface area contributed by atoms with Crippen molar-refractivity contribution >= 4 is 23.9 Å². The molecule has 0 saturated carbocycles. The number of aldehydes is 1. The Bertz CT molecular complexity index is 452. The first kappa shape index (κ1) is 11.3. The maximum absolute atomic E-state index is 11.7. The average molecular weight is 233 g/mol. The number of hydrogen-bond acceptors (Lipinski definition) is 4. The van der Waals surface area contributed by atoms with Crippen LogP contribution in [0, 0.1) is 5.92 Å². The number of amides is 1. The summed E-state index contributed by atoms with van der Waals surface area (Å²) in [5.74, 6) is -1.01. The molecule has 1 unspecified atom stereocenters. The van der Waals surface area contributed by atoms with Gasteiger partial charge in [0.05, 0.1) is 12.3 Å². The fraction of sp³-hybridized carbons (Fsp3) is 0.250. The second-order valence-electron chi connectivity index (χ2n) is 3.81. The molecule has 1 heterocycles. The van der Waals surface area contributed by atoms with Gasteiger partial charge in [-0.05, 0) is 24.3 Å². The Balaban J connectivity index is 1.97. The zero-order valence-electron chi connectivity index (χ0n) is 9.01. The summed E-state index contributed by atoms with van der Waals surface area (Å²) in [7, 11) is 0. The van der Waals surface area contributed by atoms with E-state index in [1.807, 2.05) is 0 Å². The van der Waals surface area contributed by atoms with Crippen LogP contribution in [0.15, 0.2) is 24.3 Å². The minimum atomic E-state index is -0.423. The van der Waals surface area contributed by atoms with Gasteiger partial charge in [0.25, 0.3) is 0 Å². The van der Waals surface area contributed by atoms with Gasteiger partial charge in [0.2, 0.25) is 5.91 Å². The van der Waals surface area contributed by atoms with Gasteiger partial charge in [-0.3, -0.25) is 14.4 Å². The normalized spacial score (nSPS) is 18.6. The Morgan fingerprint density at radius 3 is 2.59 bits per heavy atom. The lowest BCUT2D eigenvalue weighted by atomic mass is 10.1. The van der Waals surface area contributed by atoms with Crippen molar-refractivity contribution in [2.24, 2.45) is 5.92 Å². The minimum absolute atomic E-state index is 0.123. The van der Waals surface area contributed by atoms with Gasteiger partial charge in [-0.1, -0.05) is 0 Å². The molecule has 0 aliphatic carbocycles. The Labute approximate surface area is 97.8 Å². The molecule has 2 rings (SSSR count). The van der Waals surface area contributed by atoms with Gasteiger partial charge in [0, 0.05) is 11.3 Å². The first-order valence-corrected chi connectivity index (χ1v) is 5.21. The predicted octanol–water partition coefficient (Wildman–Crippen LogP) is 1.00. The first-order chi connectivity index (χ1) is 8.19. The van der Waals surface area contributed by atoms with E-state index in [2.05, 4.69) is 5.32 Å². The molecule has 1 fully saturated rings. The van der Waals surface area contributed by atoms with Crippen LogP contribution in [0.5, 0.6) is 0 Å². The van der Waals surface area contributed by atoms with Crippen LogP contribution >= 0.6 is 0 Å². The number of anilines is 1. The number of rotatable bonds is 3. The van der Waals surface area contributed by atoms with Crippen LogP contribution in [-0.2, 0) is 14.3 Å². The van der Waals surface area contributed by atoms with Crippen LogP contribution in [0.1, 0.15) is 16.8 Å². The monoisotopic (exact) mass is 233 g/mol. The van der Waals surface area contributed by atoms with E-state index >= 15 is 0 Å². The minimum Gasteiger partial charge on any atom is -0.465 e. The summed E-state index contributed by atoms with van der Waals surface area (Å²) in [6.45, 7) is 0.136. The van der Waals surface area contributed by atoms with E-state index in [0.29, 0.717) is 11.3 Å². The van der Waals surface area contributed by atoms with Crippen molar-refractivity contribution in [1.82, 2.24) is 0 Å². The smallest absolute Gasteiger partial charge is 0.306 e. The third-order valence-corrected chi connectivity index (χ3v) is 2.54. The molecule has 0 aromatic heterocycles. The van der Waals surface area contributed by atoms with Crippen molar-refractivity contribution in [3.63, 3.8) is 0 Å². The van der Waals surface area contributed by atoms with E-state index in [4.69, 9.17) is 4.74 Å². The Kier molecular flexibility index (Phi) is 3.18. The first-order valence-electron chi connectivity index (χ1n) is 5.21. The molecule has 1 N–H and O–H groups in total. The number of carbonyl (C=O) groups excluding carboxylic acids is 3. The summed E-state index contributed by atoms with van der Waals surface area (Å²) in [5, 5.41) is 2.67. The number of nitrogens with one attached hydrogen (secondary N) is 1. The summed E-state index contributed by atoms with van der Waals surface area (Å²) < 4.78 is 4.71. The van der Waals surface area contributed by atoms with Crippen molar-refractivity contribution in [2.45, 2.75) is 6.42 Å². The molecule has 1 aliphatic heterocycles. The van der Waals surface area contributed by atoms with Crippen molar-refractivity contribution < 1.29 is 19.1 Å². The molecule has 5 nitrogen and oxygen atoms in total. The molecule has 0 spiro atoms. The quantitative estimate of drug-likeness (QED) is 0.624. The lowest BCUT2D eigenvalue weighted by Crippen LogP contribution is -2.22. The van der Waals surface area contributed by atoms with Crippen molar-refractivity contribution in [2.75, 3.05) is 11.9 Å². The molecule has 5 heteroatoms. The Hall–Kier alpha value is -2.17. The van der Waals surface area contributed by atoms with Crippen LogP contribution < -0.4 is 5.32 Å². The van der Waals surface area contributed by atoms with Gasteiger partial charge in [-0.15, -0.1) is 0 Å². The summed E-state index contributed by atoms with van der Waals surface area (Å²) in [5.41, 5.74) is 1.14. The van der Waals surface area contributed by atoms with Gasteiger partial charge in [-0.25, -0.2) is 0 Å². The molecular formula is C12H11NO4. The van der Waals surface area contributed by atoms with Crippen molar-refractivity contribution in [3.05, 3.63) is 29.8 Å². The number of esters is 1. The van der Waals surface area contributed by atoms with E-state index in [1.165, 1.54) is 0 Å². The number of hydrogen-bond donors (Lipinski definition) is 1. The van der Waals surface area contributed by atoms with E-state index in [-0.39, 0.29) is 24.9 Å². The van der Waals surface area contributed by atoms with Crippen LogP contribution in [0.25, 0.3) is 0 Å². The third-order valence-electron chi connectivity index (χ3n) is 2.54. The topological polar surface area (TPSA) is 72.5 Å². The molecule has 1 atom stereocenters. The van der Waals surface area contributed by atoms with Gasteiger partial charge >= 0.3 is 5.97 Å². The van der Waals surface area contributed by atoms with E-state index < -0.39 is 5.92 Å². The maximum Gasteiger partial charge on any atom is 0.306 e. The average Bonchev–Trinajstić information content (AvgIpc) is 2.77. The van der Waals surface area contributed by atoms with Crippen LogP contribution in [0.3, 0.4) is 0 Å². The molecular weight excluding hydrogens is 222 g/mol. The number of ether oxygens (including phenoxy) is 1. The molecule has 0 radical (unpaired) electrons. The molecule has 1 amide bonds. The highest BCUT2D eigenvalue weighted by molar-refractivity contribution is 5.96. The molecule has 1 aromatic rings. The zero-order chi connectivity index (χ0) is 12.3. The number of benzene rings is 1. The van der Waals surface area contributed by atoms with Crippen LogP contribution in [0.4, 0.5) is 5.69 Å². The van der Waals surface area contributed by atoms with Gasteiger partial charge in [0.1, 0.15) is 12.9 Å². The SMILES string of the molecule is O=Cc1ccc(NC(=O)C2COC(=O)C2)cc1. The molecule has 1 saturated heterocycles. The van der Waals surface area contributed by atoms with Gasteiger partial charge < -0.3 is 10.1 Å². The molecule has 1 aliphatic rings. The summed E-state index contributed by atoms with van der Waals surface area (Å²) in [4.78, 5) is 33.0. The summed E-state index contributed by atoms with van der Waals surface area (Å²) in [6, 6.07) is 6.50. The van der Waals surface area contributed by atoms with E-state index in [0.717, 1.165) is 6.29 Å². The Morgan fingerprint density at radius 2 is 2.06 bits per heavy atom. The largest absolute Gasteiger partial charge is 0.465 e. The lowest BCUT2D eigenvalue weighted by molar-refractivity contribution is -0.137. The van der Waals surface area contributed by atoms with Crippen molar-refractivity contribution in [1.29, 1.82) is 0 Å². The number of carbonyl (C=O) groups is 3. The second-order valence-corrected chi connectivity index (χ2v) is 3.81. The molecule has 17 heavy (non-hydrogen) atoms. The van der Waals surface area contributed by atoms with E-state index in [9.17, 15) is 14.4 Å². The van der Waals surface area contributed by atoms with Crippen molar-refractivity contribution in [3.8, 4) is 0 Å².